The summed E-state index contributed by atoms with van der Waals surface area (Å²) in [4.78, 5) is 0. The molecule has 0 saturated carbocycles. The van der Waals surface area contributed by atoms with E-state index in [1.807, 2.05) is 12.1 Å². The van der Waals surface area contributed by atoms with Crippen LogP contribution in [0, 0.1) is 0 Å². The Balaban J connectivity index is 2.36. The number of phenols is 1. The van der Waals surface area contributed by atoms with Crippen LogP contribution in [0.15, 0.2) is 18.2 Å². The third-order valence-electron chi connectivity index (χ3n) is 2.22. The van der Waals surface area contributed by atoms with Gasteiger partial charge in [0.05, 0.1) is 5.02 Å². The lowest BCUT2D eigenvalue weighted by molar-refractivity contribution is 0.364. The van der Waals surface area contributed by atoms with Crippen molar-refractivity contribution < 1.29 is 5.11 Å². The zero-order valence-electron chi connectivity index (χ0n) is 6.55. The molecule has 64 valence electrons. The molecule has 1 aliphatic rings. The fourth-order valence-electron chi connectivity index (χ4n) is 1.37. The number of hydrogen-bond acceptors (Lipinski definition) is 2. The number of para-hydroxylation sites is 1. The number of hydrogen-bond donors (Lipinski definition) is 2. The van der Waals surface area contributed by atoms with Crippen molar-refractivity contribution in [2.45, 2.75) is 12.5 Å². The summed E-state index contributed by atoms with van der Waals surface area (Å²) in [5.74, 6) is 0.219. The molecule has 1 aliphatic heterocycles. The summed E-state index contributed by atoms with van der Waals surface area (Å²) < 4.78 is 0. The molecular weight excluding hydrogens is 174 g/mol. The van der Waals surface area contributed by atoms with Gasteiger partial charge in [-0.3, -0.25) is 0 Å². The van der Waals surface area contributed by atoms with E-state index in [0.717, 1.165) is 18.5 Å². The van der Waals surface area contributed by atoms with Crippen LogP contribution in [0.25, 0.3) is 0 Å². The highest BCUT2D eigenvalue weighted by Gasteiger charge is 2.21. The largest absolute Gasteiger partial charge is 0.506 e. The number of rotatable bonds is 1. The first-order chi connectivity index (χ1) is 5.79. The lowest BCUT2D eigenvalue weighted by Gasteiger charge is -2.28. The molecule has 2 nitrogen and oxygen atoms in total. The van der Waals surface area contributed by atoms with Crippen molar-refractivity contribution in [3.8, 4) is 5.75 Å². The van der Waals surface area contributed by atoms with Crippen molar-refractivity contribution in [1.29, 1.82) is 0 Å². The molecule has 1 atom stereocenters. The van der Waals surface area contributed by atoms with Gasteiger partial charge in [0.15, 0.2) is 0 Å². The van der Waals surface area contributed by atoms with Crippen molar-refractivity contribution in [3.63, 3.8) is 0 Å². The monoisotopic (exact) mass is 183 g/mol. The van der Waals surface area contributed by atoms with Crippen LogP contribution in [-0.2, 0) is 0 Å². The van der Waals surface area contributed by atoms with Crippen LogP contribution >= 0.6 is 11.6 Å². The number of aromatic hydroxyl groups is 1. The lowest BCUT2D eigenvalue weighted by atomic mass is 9.97. The van der Waals surface area contributed by atoms with E-state index < -0.39 is 0 Å². The molecule has 0 radical (unpaired) electrons. The third kappa shape index (κ3) is 1.17. The Labute approximate surface area is 76.2 Å². The number of benzene rings is 1. The maximum absolute atomic E-state index is 9.56. The summed E-state index contributed by atoms with van der Waals surface area (Å²) in [5.41, 5.74) is 0.911. The summed E-state index contributed by atoms with van der Waals surface area (Å²) in [7, 11) is 0. The maximum Gasteiger partial charge on any atom is 0.138 e. The van der Waals surface area contributed by atoms with Crippen molar-refractivity contribution in [2.75, 3.05) is 6.54 Å². The van der Waals surface area contributed by atoms with Crippen LogP contribution in [0.3, 0.4) is 0 Å². The van der Waals surface area contributed by atoms with Gasteiger partial charge in [-0.2, -0.15) is 0 Å². The quantitative estimate of drug-likeness (QED) is 0.699. The highest BCUT2D eigenvalue weighted by Crippen LogP contribution is 2.34. The summed E-state index contributed by atoms with van der Waals surface area (Å²) in [6.07, 6.45) is 1.08. The minimum absolute atomic E-state index is 0.219. The molecule has 12 heavy (non-hydrogen) atoms. The summed E-state index contributed by atoms with van der Waals surface area (Å²) in [5, 5.41) is 13.2. The van der Waals surface area contributed by atoms with E-state index in [9.17, 15) is 5.11 Å². The second-order valence-electron chi connectivity index (χ2n) is 2.97. The highest BCUT2D eigenvalue weighted by molar-refractivity contribution is 6.32. The van der Waals surface area contributed by atoms with Crippen molar-refractivity contribution in [2.24, 2.45) is 0 Å². The molecule has 1 fully saturated rings. The van der Waals surface area contributed by atoms with E-state index in [2.05, 4.69) is 5.32 Å². The number of nitrogens with one attached hydrogen (secondary N) is 1. The molecule has 2 rings (SSSR count). The molecule has 1 aromatic rings. The molecule has 1 unspecified atom stereocenters. The van der Waals surface area contributed by atoms with E-state index in [0.29, 0.717) is 11.1 Å². The predicted molar refractivity (Wildman–Crippen MR) is 48.5 cm³/mol. The molecule has 0 aliphatic carbocycles. The smallest absolute Gasteiger partial charge is 0.138 e. The zero-order valence-corrected chi connectivity index (χ0v) is 7.30. The lowest BCUT2D eigenvalue weighted by Crippen LogP contribution is -2.34. The fourth-order valence-corrected chi connectivity index (χ4v) is 1.55. The molecule has 0 aromatic heterocycles. The van der Waals surface area contributed by atoms with E-state index in [1.165, 1.54) is 0 Å². The predicted octanol–water partition coefficient (Wildman–Crippen LogP) is 2.08. The van der Waals surface area contributed by atoms with Gasteiger partial charge in [-0.15, -0.1) is 0 Å². The number of phenolic OH excluding ortho intramolecular Hbond substituents is 1. The molecule has 2 N–H and O–H groups in total. The Hall–Kier alpha value is -0.730. The standard InChI is InChI=1S/C9H10ClNO/c10-7-3-1-2-6(9(7)12)8-4-5-11-8/h1-3,8,11-12H,4-5H2. The van der Waals surface area contributed by atoms with Crippen LogP contribution < -0.4 is 5.32 Å². The van der Waals surface area contributed by atoms with Crippen molar-refractivity contribution >= 4 is 11.6 Å². The van der Waals surface area contributed by atoms with Crippen LogP contribution in [-0.4, -0.2) is 11.7 Å². The molecule has 0 spiro atoms. The zero-order chi connectivity index (χ0) is 8.55. The van der Waals surface area contributed by atoms with Crippen molar-refractivity contribution in [3.05, 3.63) is 28.8 Å². The average Bonchev–Trinajstić information content (AvgIpc) is 1.95. The highest BCUT2D eigenvalue weighted by atomic mass is 35.5. The van der Waals surface area contributed by atoms with Gasteiger partial charge in [0.1, 0.15) is 5.75 Å². The van der Waals surface area contributed by atoms with Gasteiger partial charge in [-0.25, -0.2) is 0 Å². The molecule has 0 amide bonds. The van der Waals surface area contributed by atoms with E-state index >= 15 is 0 Å². The summed E-state index contributed by atoms with van der Waals surface area (Å²) >= 11 is 5.76. The van der Waals surface area contributed by atoms with Gasteiger partial charge < -0.3 is 10.4 Å². The topological polar surface area (TPSA) is 32.3 Å². The average molecular weight is 184 g/mol. The molecule has 1 aromatic carbocycles. The van der Waals surface area contributed by atoms with Gasteiger partial charge in [-0.05, 0) is 19.0 Å². The minimum atomic E-state index is 0.219. The SMILES string of the molecule is Oc1c(Cl)cccc1C1CCN1. The van der Waals surface area contributed by atoms with Gasteiger partial charge in [-0.1, -0.05) is 23.7 Å². The van der Waals surface area contributed by atoms with Crippen LogP contribution in [0.1, 0.15) is 18.0 Å². The molecule has 1 heterocycles. The van der Waals surface area contributed by atoms with E-state index in [4.69, 9.17) is 11.6 Å². The Morgan fingerprint density at radius 2 is 2.25 bits per heavy atom. The Morgan fingerprint density at radius 3 is 2.83 bits per heavy atom. The van der Waals surface area contributed by atoms with Crippen molar-refractivity contribution in [1.82, 2.24) is 5.32 Å². The molecule has 0 bridgehead atoms. The Morgan fingerprint density at radius 1 is 1.50 bits per heavy atom. The molecule has 3 heteroatoms. The molecular formula is C9H10ClNO. The van der Waals surface area contributed by atoms with Gasteiger partial charge >= 0.3 is 0 Å². The fraction of sp³-hybridized carbons (Fsp3) is 0.333. The van der Waals surface area contributed by atoms with Crippen LogP contribution in [0.5, 0.6) is 5.75 Å². The minimum Gasteiger partial charge on any atom is -0.506 e. The first-order valence-corrected chi connectivity index (χ1v) is 4.37. The summed E-state index contributed by atoms with van der Waals surface area (Å²) in [6, 6.07) is 5.75. The van der Waals surface area contributed by atoms with Gasteiger partial charge in [0, 0.05) is 11.6 Å². The second kappa shape index (κ2) is 2.96. The summed E-state index contributed by atoms with van der Waals surface area (Å²) in [6.45, 7) is 1.02. The van der Waals surface area contributed by atoms with Gasteiger partial charge in [0.25, 0.3) is 0 Å². The normalized spacial score (nSPS) is 21.9. The first-order valence-electron chi connectivity index (χ1n) is 4.00. The Bertz CT molecular complexity index is 297. The second-order valence-corrected chi connectivity index (χ2v) is 3.38. The number of halogens is 1. The first kappa shape index (κ1) is 7.90. The molecule has 1 saturated heterocycles. The maximum atomic E-state index is 9.56. The Kier molecular flexibility index (Phi) is 1.95. The third-order valence-corrected chi connectivity index (χ3v) is 2.52. The van der Waals surface area contributed by atoms with Crippen LogP contribution in [0.2, 0.25) is 5.02 Å². The van der Waals surface area contributed by atoms with Gasteiger partial charge in [0.2, 0.25) is 0 Å². The van der Waals surface area contributed by atoms with E-state index in [-0.39, 0.29) is 5.75 Å². The van der Waals surface area contributed by atoms with E-state index in [1.54, 1.807) is 6.07 Å². The van der Waals surface area contributed by atoms with Crippen LogP contribution in [0.4, 0.5) is 0 Å².